The maximum absolute atomic E-state index is 13.5. The minimum atomic E-state index is -0.942. The van der Waals surface area contributed by atoms with Crippen LogP contribution in [0.1, 0.15) is 22.9 Å². The van der Waals surface area contributed by atoms with Gasteiger partial charge in [0.25, 0.3) is 5.91 Å². The lowest BCUT2D eigenvalue weighted by Gasteiger charge is -2.31. The minimum absolute atomic E-state index is 0.0883. The summed E-state index contributed by atoms with van der Waals surface area (Å²) in [7, 11) is 0. The van der Waals surface area contributed by atoms with E-state index >= 15 is 0 Å². The molecule has 1 atom stereocenters. The average molecular weight is 473 g/mol. The molecule has 0 spiro atoms. The molecule has 4 rings (SSSR count). The molecule has 0 aliphatic carbocycles. The number of carbonyl (C=O) groups excluding carboxylic acids is 2. The number of nitrogens with zero attached hydrogens (tertiary/aromatic N) is 1. The molecular formula is C28H25FN2O4. The number of ether oxygens (including phenoxy) is 1. The molecule has 0 unspecified atom stereocenters. The summed E-state index contributed by atoms with van der Waals surface area (Å²) < 4.78 is 24.5. The first-order valence-corrected chi connectivity index (χ1v) is 11.2. The van der Waals surface area contributed by atoms with Crippen LogP contribution in [0.25, 0.3) is 0 Å². The molecule has 0 saturated heterocycles. The lowest BCUT2D eigenvalue weighted by atomic mass is 10.0. The Morgan fingerprint density at radius 3 is 2.23 bits per heavy atom. The van der Waals surface area contributed by atoms with Gasteiger partial charge in [-0.2, -0.15) is 0 Å². The van der Waals surface area contributed by atoms with Crippen LogP contribution in [0.3, 0.4) is 0 Å². The van der Waals surface area contributed by atoms with Gasteiger partial charge in [0.15, 0.2) is 6.61 Å². The van der Waals surface area contributed by atoms with Gasteiger partial charge < -0.3 is 19.4 Å². The molecule has 1 aromatic heterocycles. The highest BCUT2D eigenvalue weighted by Crippen LogP contribution is 2.25. The molecule has 35 heavy (non-hydrogen) atoms. The Morgan fingerprint density at radius 1 is 0.886 bits per heavy atom. The van der Waals surface area contributed by atoms with Crippen LogP contribution in [0.5, 0.6) is 5.75 Å². The van der Waals surface area contributed by atoms with Gasteiger partial charge in [0, 0.05) is 6.54 Å². The quantitative estimate of drug-likeness (QED) is 0.357. The summed E-state index contributed by atoms with van der Waals surface area (Å²) in [6, 6.07) is 26.4. The van der Waals surface area contributed by atoms with Crippen molar-refractivity contribution >= 4 is 11.8 Å². The Balaban J connectivity index is 1.62. The van der Waals surface area contributed by atoms with E-state index < -0.39 is 6.04 Å². The van der Waals surface area contributed by atoms with E-state index in [0.717, 1.165) is 0 Å². The Kier molecular flexibility index (Phi) is 7.91. The number of carbonyl (C=O) groups is 2. The molecule has 3 aromatic carbocycles. The van der Waals surface area contributed by atoms with Crippen molar-refractivity contribution in [2.24, 2.45) is 0 Å². The summed E-state index contributed by atoms with van der Waals surface area (Å²) in [6.07, 6.45) is 1.53. The Bertz CT molecular complexity index is 1210. The third kappa shape index (κ3) is 6.57. The van der Waals surface area contributed by atoms with Crippen molar-refractivity contribution in [1.82, 2.24) is 10.2 Å². The smallest absolute Gasteiger partial charge is 0.261 e. The lowest BCUT2D eigenvalue weighted by Crippen LogP contribution is -2.45. The van der Waals surface area contributed by atoms with E-state index in [-0.39, 0.29) is 37.3 Å². The number of benzene rings is 3. The molecule has 0 saturated carbocycles. The van der Waals surface area contributed by atoms with E-state index in [9.17, 15) is 14.0 Å². The van der Waals surface area contributed by atoms with E-state index in [2.05, 4.69) is 5.32 Å². The van der Waals surface area contributed by atoms with Crippen molar-refractivity contribution < 1.29 is 23.1 Å². The molecule has 0 bridgehead atoms. The third-order valence-corrected chi connectivity index (χ3v) is 5.38. The number of nitrogens with one attached hydrogen (secondary N) is 1. The molecule has 1 N–H and O–H groups in total. The highest BCUT2D eigenvalue weighted by Gasteiger charge is 2.32. The fourth-order valence-electron chi connectivity index (χ4n) is 3.65. The fraction of sp³-hybridized carbons (Fsp3) is 0.143. The van der Waals surface area contributed by atoms with Crippen LogP contribution in [0.4, 0.5) is 4.39 Å². The summed E-state index contributed by atoms with van der Waals surface area (Å²) in [6.45, 7) is -0.000732. The van der Waals surface area contributed by atoms with E-state index in [1.807, 2.05) is 36.4 Å². The highest BCUT2D eigenvalue weighted by atomic mass is 19.1. The normalized spacial score (nSPS) is 11.5. The zero-order chi connectivity index (χ0) is 24.5. The van der Waals surface area contributed by atoms with Crippen LogP contribution in [0, 0.1) is 5.82 Å². The maximum atomic E-state index is 13.5. The summed E-state index contributed by atoms with van der Waals surface area (Å²) >= 11 is 0. The van der Waals surface area contributed by atoms with Gasteiger partial charge >= 0.3 is 0 Å². The van der Waals surface area contributed by atoms with E-state index in [4.69, 9.17) is 9.15 Å². The molecule has 4 aromatic rings. The van der Waals surface area contributed by atoms with Gasteiger partial charge in [-0.05, 0) is 47.5 Å². The van der Waals surface area contributed by atoms with Crippen molar-refractivity contribution in [3.8, 4) is 5.75 Å². The van der Waals surface area contributed by atoms with Gasteiger partial charge in [-0.1, -0.05) is 60.7 Å². The first-order valence-electron chi connectivity index (χ1n) is 11.2. The third-order valence-electron chi connectivity index (χ3n) is 5.38. The SMILES string of the molecule is O=C(NCc1ccco1)[C@@H](c1ccccc1)N(Cc1ccc(F)cc1)C(=O)COc1ccccc1. The van der Waals surface area contributed by atoms with Crippen LogP contribution in [-0.4, -0.2) is 23.3 Å². The number of hydrogen-bond acceptors (Lipinski definition) is 4. The second-order valence-corrected chi connectivity index (χ2v) is 7.86. The molecule has 6 nitrogen and oxygen atoms in total. The Labute approximate surface area is 202 Å². The second-order valence-electron chi connectivity index (χ2n) is 7.86. The number of amides is 2. The van der Waals surface area contributed by atoms with E-state index in [1.165, 1.54) is 23.3 Å². The second kappa shape index (κ2) is 11.7. The van der Waals surface area contributed by atoms with Crippen LogP contribution in [0.2, 0.25) is 0 Å². The molecular weight excluding hydrogens is 447 g/mol. The molecule has 178 valence electrons. The molecule has 2 amide bonds. The zero-order valence-corrected chi connectivity index (χ0v) is 19.0. The maximum Gasteiger partial charge on any atom is 0.261 e. The van der Waals surface area contributed by atoms with Gasteiger partial charge in [0.1, 0.15) is 23.4 Å². The van der Waals surface area contributed by atoms with Crippen LogP contribution in [0.15, 0.2) is 108 Å². The average Bonchev–Trinajstić information content (AvgIpc) is 3.42. The van der Waals surface area contributed by atoms with E-state index in [1.54, 1.807) is 48.5 Å². The molecule has 1 heterocycles. The monoisotopic (exact) mass is 472 g/mol. The van der Waals surface area contributed by atoms with Gasteiger partial charge in [-0.25, -0.2) is 4.39 Å². The summed E-state index contributed by atoms with van der Waals surface area (Å²) in [5.74, 6) is -0.00659. The van der Waals surface area contributed by atoms with Crippen molar-refractivity contribution in [2.45, 2.75) is 19.1 Å². The summed E-state index contributed by atoms with van der Waals surface area (Å²) in [5.41, 5.74) is 1.32. The van der Waals surface area contributed by atoms with Crippen LogP contribution < -0.4 is 10.1 Å². The number of halogens is 1. The largest absolute Gasteiger partial charge is 0.484 e. The molecule has 0 aliphatic rings. The van der Waals surface area contributed by atoms with Crippen molar-refractivity contribution in [1.29, 1.82) is 0 Å². The van der Waals surface area contributed by atoms with Crippen LogP contribution in [-0.2, 0) is 22.7 Å². The molecule has 0 aliphatic heterocycles. The fourth-order valence-corrected chi connectivity index (χ4v) is 3.65. The molecule has 0 radical (unpaired) electrons. The van der Waals surface area contributed by atoms with Gasteiger partial charge in [-0.3, -0.25) is 9.59 Å². The summed E-state index contributed by atoms with van der Waals surface area (Å²) in [4.78, 5) is 28.4. The summed E-state index contributed by atoms with van der Waals surface area (Å²) in [5, 5.41) is 2.86. The van der Waals surface area contributed by atoms with Crippen molar-refractivity contribution in [2.75, 3.05) is 6.61 Å². The van der Waals surface area contributed by atoms with Crippen molar-refractivity contribution in [3.05, 3.63) is 126 Å². The molecule has 0 fully saturated rings. The number of para-hydroxylation sites is 1. The van der Waals surface area contributed by atoms with E-state index in [0.29, 0.717) is 22.6 Å². The first-order chi connectivity index (χ1) is 17.1. The lowest BCUT2D eigenvalue weighted by molar-refractivity contribution is -0.143. The predicted molar refractivity (Wildman–Crippen MR) is 129 cm³/mol. The number of rotatable bonds is 10. The first kappa shape index (κ1) is 23.8. The van der Waals surface area contributed by atoms with Gasteiger partial charge in [-0.15, -0.1) is 0 Å². The zero-order valence-electron chi connectivity index (χ0n) is 19.0. The highest BCUT2D eigenvalue weighted by molar-refractivity contribution is 5.89. The predicted octanol–water partition coefficient (Wildman–Crippen LogP) is 4.88. The number of furan rings is 1. The van der Waals surface area contributed by atoms with Crippen molar-refractivity contribution in [3.63, 3.8) is 0 Å². The topological polar surface area (TPSA) is 71.8 Å². The molecule has 7 heteroatoms. The van der Waals surface area contributed by atoms with Gasteiger partial charge in [0.2, 0.25) is 5.91 Å². The minimum Gasteiger partial charge on any atom is -0.484 e. The Hall–Kier alpha value is -4.39. The van der Waals surface area contributed by atoms with Crippen LogP contribution >= 0.6 is 0 Å². The Morgan fingerprint density at radius 2 is 1.57 bits per heavy atom. The van der Waals surface area contributed by atoms with Gasteiger partial charge in [0.05, 0.1) is 12.8 Å². The number of hydrogen-bond donors (Lipinski definition) is 1. The standard InChI is InChI=1S/C28H25FN2O4/c29-23-15-13-21(14-16-23)19-31(26(32)20-35-24-10-5-2-6-11-24)27(22-8-3-1-4-9-22)28(33)30-18-25-12-7-17-34-25/h1-17,27H,18-20H2,(H,30,33)/t27-/m1/s1.